The van der Waals surface area contributed by atoms with Crippen molar-refractivity contribution in [2.24, 2.45) is 5.73 Å². The van der Waals surface area contributed by atoms with Gasteiger partial charge in [-0.05, 0) is 56.0 Å². The highest BCUT2D eigenvalue weighted by atomic mass is 19.1. The van der Waals surface area contributed by atoms with Crippen LogP contribution in [0.15, 0.2) is 24.3 Å². The third kappa shape index (κ3) is 2.30. The number of aromatic nitrogens is 1. The first-order chi connectivity index (χ1) is 11.4. The molecule has 1 amide bonds. The Morgan fingerprint density at radius 2 is 1.92 bits per heavy atom. The number of benzene rings is 2. The lowest BCUT2D eigenvalue weighted by molar-refractivity contribution is 0.0999. The molecule has 0 saturated heterocycles. The minimum Gasteiger partial charge on any atom is -0.366 e. The average Bonchev–Trinajstić information content (AvgIpc) is 2.85. The van der Waals surface area contributed by atoms with Crippen LogP contribution in [0.2, 0.25) is 0 Å². The summed E-state index contributed by atoms with van der Waals surface area (Å²) >= 11 is 0. The number of rotatable bonds is 3. The molecule has 0 spiro atoms. The van der Waals surface area contributed by atoms with Crippen LogP contribution in [0.25, 0.3) is 22.0 Å². The fourth-order valence-corrected chi connectivity index (χ4v) is 3.64. The summed E-state index contributed by atoms with van der Waals surface area (Å²) in [6, 6.07) is 7.26. The maximum atomic E-state index is 15.0. The number of amides is 1. The molecule has 0 fully saturated rings. The van der Waals surface area contributed by atoms with Gasteiger partial charge in [-0.1, -0.05) is 19.1 Å². The number of H-pyrrole nitrogens is 1. The van der Waals surface area contributed by atoms with Gasteiger partial charge in [0.25, 0.3) is 0 Å². The van der Waals surface area contributed by atoms with Gasteiger partial charge in [-0.25, -0.2) is 4.39 Å². The van der Waals surface area contributed by atoms with Crippen LogP contribution in [0.5, 0.6) is 0 Å². The van der Waals surface area contributed by atoms with Crippen LogP contribution >= 0.6 is 0 Å². The fraction of sp³-hybridized carbons (Fsp3) is 0.250. The zero-order valence-corrected chi connectivity index (χ0v) is 14.4. The van der Waals surface area contributed by atoms with Crippen molar-refractivity contribution in [2.45, 2.75) is 34.1 Å². The van der Waals surface area contributed by atoms with Crippen molar-refractivity contribution in [3.63, 3.8) is 0 Å². The van der Waals surface area contributed by atoms with Gasteiger partial charge in [-0.2, -0.15) is 0 Å². The second kappa shape index (κ2) is 5.78. The van der Waals surface area contributed by atoms with E-state index in [1.165, 1.54) is 6.07 Å². The van der Waals surface area contributed by atoms with Gasteiger partial charge in [-0.3, -0.25) is 4.79 Å². The molecular formula is C20H21FN2O. The number of nitrogens with one attached hydrogen (secondary N) is 1. The molecule has 1 heterocycles. The van der Waals surface area contributed by atoms with Crippen LogP contribution in [0.1, 0.15) is 39.7 Å². The maximum Gasteiger partial charge on any atom is 0.249 e. The number of carbonyl (C=O) groups is 1. The molecule has 0 unspecified atom stereocenters. The van der Waals surface area contributed by atoms with E-state index in [0.29, 0.717) is 12.0 Å². The smallest absolute Gasteiger partial charge is 0.249 e. The van der Waals surface area contributed by atoms with Gasteiger partial charge in [0.05, 0.1) is 0 Å². The molecule has 0 radical (unpaired) electrons. The Kier molecular flexibility index (Phi) is 3.91. The minimum absolute atomic E-state index is 0.252. The third-order valence-electron chi connectivity index (χ3n) is 4.76. The second-order valence-corrected chi connectivity index (χ2v) is 6.22. The van der Waals surface area contributed by atoms with Crippen molar-refractivity contribution in [2.75, 3.05) is 0 Å². The van der Waals surface area contributed by atoms with Crippen molar-refractivity contribution < 1.29 is 9.18 Å². The van der Waals surface area contributed by atoms with Crippen molar-refractivity contribution in [1.29, 1.82) is 0 Å². The van der Waals surface area contributed by atoms with Gasteiger partial charge in [0.15, 0.2) is 0 Å². The SMILES string of the molecule is CCc1c(C)c(C(N)=O)cc(F)c1-c1c(C)[nH]c2cccc(C)c12. The Balaban J connectivity index is 2.46. The van der Waals surface area contributed by atoms with Gasteiger partial charge < -0.3 is 10.7 Å². The molecule has 3 nitrogen and oxygen atoms in total. The zero-order valence-electron chi connectivity index (χ0n) is 14.4. The number of primary amides is 1. The van der Waals surface area contributed by atoms with E-state index in [1.807, 2.05) is 45.9 Å². The van der Waals surface area contributed by atoms with Crippen molar-refractivity contribution in [1.82, 2.24) is 4.98 Å². The van der Waals surface area contributed by atoms with E-state index in [9.17, 15) is 4.79 Å². The summed E-state index contributed by atoms with van der Waals surface area (Å²) in [5.74, 6) is -1.00. The van der Waals surface area contributed by atoms with E-state index < -0.39 is 11.7 Å². The van der Waals surface area contributed by atoms with Gasteiger partial charge in [0.1, 0.15) is 5.82 Å². The Morgan fingerprint density at radius 1 is 1.21 bits per heavy atom. The summed E-state index contributed by atoms with van der Waals surface area (Å²) in [6.07, 6.45) is 0.622. The molecule has 2 aromatic carbocycles. The molecule has 3 aromatic rings. The molecule has 3 N–H and O–H groups in total. The topological polar surface area (TPSA) is 58.9 Å². The summed E-state index contributed by atoms with van der Waals surface area (Å²) in [5, 5.41) is 1.02. The number of nitrogens with two attached hydrogens (primary N) is 1. The lowest BCUT2D eigenvalue weighted by Crippen LogP contribution is -2.15. The van der Waals surface area contributed by atoms with Gasteiger partial charge in [-0.15, -0.1) is 0 Å². The van der Waals surface area contributed by atoms with E-state index in [0.717, 1.165) is 38.9 Å². The summed E-state index contributed by atoms with van der Waals surface area (Å²) in [4.78, 5) is 15.0. The summed E-state index contributed by atoms with van der Waals surface area (Å²) in [6.45, 7) is 7.77. The highest BCUT2D eigenvalue weighted by Crippen LogP contribution is 2.39. The monoisotopic (exact) mass is 324 g/mol. The predicted molar refractivity (Wildman–Crippen MR) is 95.8 cm³/mol. The Morgan fingerprint density at radius 3 is 2.54 bits per heavy atom. The number of aryl methyl sites for hydroxylation is 2. The van der Waals surface area contributed by atoms with Crippen LogP contribution in [-0.4, -0.2) is 10.9 Å². The lowest BCUT2D eigenvalue weighted by Gasteiger charge is -2.16. The average molecular weight is 324 g/mol. The quantitative estimate of drug-likeness (QED) is 0.729. The van der Waals surface area contributed by atoms with Crippen LogP contribution in [0, 0.1) is 26.6 Å². The first-order valence-electron chi connectivity index (χ1n) is 8.06. The minimum atomic E-state index is -0.598. The third-order valence-corrected chi connectivity index (χ3v) is 4.76. The highest BCUT2D eigenvalue weighted by Gasteiger charge is 2.22. The number of aromatic amines is 1. The Hall–Kier alpha value is -2.62. The molecule has 124 valence electrons. The molecule has 0 aliphatic rings. The zero-order chi connectivity index (χ0) is 17.6. The molecule has 0 aliphatic heterocycles. The second-order valence-electron chi connectivity index (χ2n) is 6.22. The van der Waals surface area contributed by atoms with Gasteiger partial charge >= 0.3 is 0 Å². The first-order valence-corrected chi connectivity index (χ1v) is 8.06. The largest absolute Gasteiger partial charge is 0.366 e. The molecule has 3 rings (SSSR count). The van der Waals surface area contributed by atoms with Crippen LogP contribution in [-0.2, 0) is 6.42 Å². The Labute approximate surface area is 140 Å². The predicted octanol–water partition coefficient (Wildman–Crippen LogP) is 4.56. The lowest BCUT2D eigenvalue weighted by atomic mass is 9.88. The molecule has 0 atom stereocenters. The molecule has 1 aromatic heterocycles. The maximum absolute atomic E-state index is 15.0. The normalized spacial score (nSPS) is 11.2. The number of hydrogen-bond donors (Lipinski definition) is 2. The van der Waals surface area contributed by atoms with Crippen LogP contribution in [0.4, 0.5) is 4.39 Å². The molecule has 0 aliphatic carbocycles. The number of carbonyl (C=O) groups excluding carboxylic acids is 1. The molecular weight excluding hydrogens is 303 g/mol. The highest BCUT2D eigenvalue weighted by molar-refractivity contribution is 6.02. The summed E-state index contributed by atoms with van der Waals surface area (Å²) in [7, 11) is 0. The molecule has 4 heteroatoms. The first kappa shape index (κ1) is 16.2. The number of hydrogen-bond acceptors (Lipinski definition) is 1. The van der Waals surface area contributed by atoms with Crippen molar-refractivity contribution in [3.8, 4) is 11.1 Å². The van der Waals surface area contributed by atoms with Crippen molar-refractivity contribution in [3.05, 3.63) is 58.0 Å². The Bertz CT molecular complexity index is 970. The standard InChI is InChI=1S/C20H21FN2O/c1-5-13-11(3)14(20(22)24)9-15(21)19(13)18-12(4)23-16-8-6-7-10(2)17(16)18/h6-9,23H,5H2,1-4H3,(H2,22,24). The van der Waals surface area contributed by atoms with E-state index in [4.69, 9.17) is 5.73 Å². The van der Waals surface area contributed by atoms with Gasteiger partial charge in [0.2, 0.25) is 5.91 Å². The van der Waals surface area contributed by atoms with E-state index in [2.05, 4.69) is 4.98 Å². The van der Waals surface area contributed by atoms with Crippen molar-refractivity contribution >= 4 is 16.8 Å². The molecule has 0 saturated carbocycles. The molecule has 24 heavy (non-hydrogen) atoms. The van der Waals surface area contributed by atoms with Crippen LogP contribution in [0.3, 0.4) is 0 Å². The van der Waals surface area contributed by atoms with E-state index in [-0.39, 0.29) is 5.56 Å². The summed E-state index contributed by atoms with van der Waals surface area (Å²) in [5.41, 5.74) is 11.7. The molecule has 0 bridgehead atoms. The number of fused-ring (bicyclic) bond motifs is 1. The fourth-order valence-electron chi connectivity index (χ4n) is 3.64. The van der Waals surface area contributed by atoms with E-state index >= 15 is 4.39 Å². The van der Waals surface area contributed by atoms with Gasteiger partial charge in [0, 0.05) is 33.3 Å². The van der Waals surface area contributed by atoms with E-state index in [1.54, 1.807) is 0 Å². The summed E-state index contributed by atoms with van der Waals surface area (Å²) < 4.78 is 15.0. The van der Waals surface area contributed by atoms with Crippen LogP contribution < -0.4 is 5.73 Å². The number of halogens is 1.